The number of halogens is 5. The highest BCUT2D eigenvalue weighted by atomic mass is 127. The average Bonchev–Trinajstić information content (AvgIpc) is 3.04. The number of aryl methyl sites for hydroxylation is 1. The second-order valence-electron chi connectivity index (χ2n) is 6.36. The van der Waals surface area contributed by atoms with Crippen LogP contribution in [-0.2, 0) is 19.8 Å². The van der Waals surface area contributed by atoms with Crippen LogP contribution in [-0.4, -0.2) is 34.9 Å². The van der Waals surface area contributed by atoms with Gasteiger partial charge in [-0.25, -0.2) is 9.38 Å². The second kappa shape index (κ2) is 12.0. The third kappa shape index (κ3) is 8.00. The molecule has 30 heavy (non-hydrogen) atoms. The molecule has 0 aliphatic carbocycles. The van der Waals surface area contributed by atoms with Gasteiger partial charge in [0.2, 0.25) is 0 Å². The molecule has 1 unspecified atom stereocenters. The zero-order valence-electron chi connectivity index (χ0n) is 17.0. The first kappa shape index (κ1) is 26.0. The molecule has 0 amide bonds. The molecule has 1 heterocycles. The van der Waals surface area contributed by atoms with Crippen LogP contribution < -0.4 is 15.4 Å². The lowest BCUT2D eigenvalue weighted by Gasteiger charge is -2.20. The molecular formula is C19H26F4IN5O. The summed E-state index contributed by atoms with van der Waals surface area (Å²) in [5, 5.41) is 9.52. The average molecular weight is 543 g/mol. The molecule has 2 rings (SSSR count). The number of nitrogens with zero attached hydrogens (tertiary/aromatic N) is 3. The fraction of sp³-hybridized carbons (Fsp3) is 0.474. The molecule has 2 aromatic rings. The smallest absolute Gasteiger partial charge is 0.435 e. The van der Waals surface area contributed by atoms with Gasteiger partial charge < -0.3 is 15.4 Å². The normalized spacial score (nSPS) is 12.8. The molecule has 1 aromatic heterocycles. The molecule has 0 aliphatic rings. The Morgan fingerprint density at radius 3 is 2.60 bits per heavy atom. The highest BCUT2D eigenvalue weighted by Crippen LogP contribution is 2.30. The van der Waals surface area contributed by atoms with E-state index >= 15 is 0 Å². The van der Waals surface area contributed by atoms with E-state index in [2.05, 4.69) is 20.7 Å². The molecule has 0 spiro atoms. The van der Waals surface area contributed by atoms with E-state index in [4.69, 9.17) is 4.74 Å². The van der Waals surface area contributed by atoms with Gasteiger partial charge in [0.1, 0.15) is 17.7 Å². The van der Waals surface area contributed by atoms with Crippen molar-refractivity contribution in [3.63, 3.8) is 0 Å². The van der Waals surface area contributed by atoms with Gasteiger partial charge in [0.15, 0.2) is 11.7 Å². The van der Waals surface area contributed by atoms with Crippen LogP contribution in [0.2, 0.25) is 0 Å². The van der Waals surface area contributed by atoms with Crippen LogP contribution in [0.4, 0.5) is 17.6 Å². The Kier molecular flexibility index (Phi) is 10.4. The third-order valence-corrected chi connectivity index (χ3v) is 3.98. The topological polar surface area (TPSA) is 63.5 Å². The predicted molar refractivity (Wildman–Crippen MR) is 118 cm³/mol. The molecule has 6 nitrogen and oxygen atoms in total. The Morgan fingerprint density at radius 1 is 1.27 bits per heavy atom. The number of aromatic nitrogens is 2. The first-order chi connectivity index (χ1) is 13.7. The Labute approximate surface area is 190 Å². The SMILES string of the molecule is CCNC(=NCc1cn(C)nc1C(F)(F)F)NCC(CC)Oc1cccc(F)c1.I. The minimum absolute atomic E-state index is 0. The van der Waals surface area contributed by atoms with Gasteiger partial charge >= 0.3 is 6.18 Å². The van der Waals surface area contributed by atoms with E-state index in [9.17, 15) is 17.6 Å². The van der Waals surface area contributed by atoms with Crippen molar-refractivity contribution in [2.45, 2.75) is 39.1 Å². The van der Waals surface area contributed by atoms with Crippen LogP contribution in [0.5, 0.6) is 5.75 Å². The molecule has 0 aliphatic heterocycles. The van der Waals surface area contributed by atoms with Gasteiger partial charge in [0.25, 0.3) is 0 Å². The number of rotatable bonds is 8. The first-order valence-corrected chi connectivity index (χ1v) is 9.27. The summed E-state index contributed by atoms with van der Waals surface area (Å²) in [4.78, 5) is 4.22. The molecule has 0 saturated heterocycles. The van der Waals surface area contributed by atoms with Crippen molar-refractivity contribution >= 4 is 29.9 Å². The van der Waals surface area contributed by atoms with Gasteiger partial charge in [-0.1, -0.05) is 13.0 Å². The second-order valence-corrected chi connectivity index (χ2v) is 6.36. The van der Waals surface area contributed by atoms with Gasteiger partial charge in [0, 0.05) is 31.4 Å². The summed E-state index contributed by atoms with van der Waals surface area (Å²) in [6.07, 6.45) is -2.87. The van der Waals surface area contributed by atoms with E-state index in [1.807, 2.05) is 13.8 Å². The van der Waals surface area contributed by atoms with E-state index in [0.29, 0.717) is 31.2 Å². The van der Waals surface area contributed by atoms with Crippen molar-refractivity contribution in [3.8, 4) is 5.75 Å². The Hall–Kier alpha value is -2.05. The van der Waals surface area contributed by atoms with E-state index in [-0.39, 0.29) is 42.2 Å². The zero-order valence-corrected chi connectivity index (χ0v) is 19.3. The van der Waals surface area contributed by atoms with Crippen LogP contribution in [0.3, 0.4) is 0 Å². The molecular weight excluding hydrogens is 517 g/mol. The lowest BCUT2D eigenvalue weighted by molar-refractivity contribution is -0.142. The van der Waals surface area contributed by atoms with Crippen LogP contribution in [0.25, 0.3) is 0 Å². The summed E-state index contributed by atoms with van der Waals surface area (Å²) in [6, 6.07) is 5.84. The van der Waals surface area contributed by atoms with E-state index in [1.54, 1.807) is 12.1 Å². The summed E-state index contributed by atoms with van der Waals surface area (Å²) in [7, 11) is 1.43. The van der Waals surface area contributed by atoms with Crippen LogP contribution >= 0.6 is 24.0 Å². The Balaban J connectivity index is 0.00000450. The number of guanidine groups is 1. The maximum Gasteiger partial charge on any atom is 0.435 e. The van der Waals surface area contributed by atoms with Crippen molar-refractivity contribution in [2.24, 2.45) is 12.0 Å². The fourth-order valence-corrected chi connectivity index (χ4v) is 2.61. The number of hydrogen-bond donors (Lipinski definition) is 2. The third-order valence-electron chi connectivity index (χ3n) is 3.98. The molecule has 1 aromatic carbocycles. The minimum atomic E-state index is -4.54. The van der Waals surface area contributed by atoms with Gasteiger partial charge in [-0.15, -0.1) is 24.0 Å². The summed E-state index contributed by atoms with van der Waals surface area (Å²) in [5.74, 6) is 0.369. The molecule has 2 N–H and O–H groups in total. The highest BCUT2D eigenvalue weighted by Gasteiger charge is 2.36. The molecule has 0 radical (unpaired) electrons. The number of ether oxygens (including phenoxy) is 1. The van der Waals surface area contributed by atoms with Crippen molar-refractivity contribution in [2.75, 3.05) is 13.1 Å². The summed E-state index contributed by atoms with van der Waals surface area (Å²) < 4.78 is 59.4. The van der Waals surface area contributed by atoms with Gasteiger partial charge in [0.05, 0.1) is 13.1 Å². The van der Waals surface area contributed by atoms with E-state index in [0.717, 1.165) is 4.68 Å². The molecule has 0 saturated carbocycles. The highest BCUT2D eigenvalue weighted by molar-refractivity contribution is 14.0. The van der Waals surface area contributed by atoms with Gasteiger partial charge in [-0.2, -0.15) is 18.3 Å². The molecule has 0 bridgehead atoms. The van der Waals surface area contributed by atoms with Gasteiger partial charge in [-0.05, 0) is 25.5 Å². The molecule has 0 fully saturated rings. The molecule has 1 atom stereocenters. The first-order valence-electron chi connectivity index (χ1n) is 9.27. The van der Waals surface area contributed by atoms with Crippen molar-refractivity contribution in [1.82, 2.24) is 20.4 Å². The zero-order chi connectivity index (χ0) is 21.4. The standard InChI is InChI=1S/C19H25F4N5O.HI/c1-4-15(29-16-8-6-7-14(20)9-16)11-26-18(24-5-2)25-10-13-12-28(3)27-17(13)19(21,22)23;/h6-9,12,15H,4-5,10-11H2,1-3H3,(H2,24,25,26);1H. The van der Waals surface area contributed by atoms with Crippen molar-refractivity contribution < 1.29 is 22.3 Å². The number of aliphatic imine (C=N–C) groups is 1. The Morgan fingerprint density at radius 2 is 2.00 bits per heavy atom. The largest absolute Gasteiger partial charge is 0.489 e. The lowest BCUT2D eigenvalue weighted by Crippen LogP contribution is -2.42. The van der Waals surface area contributed by atoms with E-state index in [1.165, 1.54) is 25.4 Å². The maximum absolute atomic E-state index is 13.3. The van der Waals surface area contributed by atoms with Crippen molar-refractivity contribution in [1.29, 1.82) is 0 Å². The summed E-state index contributed by atoms with van der Waals surface area (Å²) >= 11 is 0. The number of nitrogens with one attached hydrogen (secondary N) is 2. The van der Waals surface area contributed by atoms with Crippen LogP contribution in [0.15, 0.2) is 35.5 Å². The Bertz CT molecular complexity index is 825. The van der Waals surface area contributed by atoms with Gasteiger partial charge in [-0.3, -0.25) is 4.68 Å². The summed E-state index contributed by atoms with van der Waals surface area (Å²) in [6.45, 7) is 4.47. The number of alkyl halides is 3. The quantitative estimate of drug-likeness (QED) is 0.228. The van der Waals surface area contributed by atoms with Crippen molar-refractivity contribution in [3.05, 3.63) is 47.5 Å². The lowest BCUT2D eigenvalue weighted by atomic mass is 10.2. The monoisotopic (exact) mass is 543 g/mol. The fourth-order valence-electron chi connectivity index (χ4n) is 2.61. The van der Waals surface area contributed by atoms with Crippen LogP contribution in [0.1, 0.15) is 31.5 Å². The predicted octanol–water partition coefficient (Wildman–Crippen LogP) is 4.11. The van der Waals surface area contributed by atoms with Crippen LogP contribution in [0, 0.1) is 5.82 Å². The minimum Gasteiger partial charge on any atom is -0.489 e. The van der Waals surface area contributed by atoms with E-state index < -0.39 is 17.7 Å². The maximum atomic E-state index is 13.3. The summed E-state index contributed by atoms with van der Waals surface area (Å²) in [5.41, 5.74) is -0.958. The molecule has 168 valence electrons. The number of benzene rings is 1. The number of hydrogen-bond acceptors (Lipinski definition) is 3. The molecule has 11 heteroatoms.